The van der Waals surface area contributed by atoms with Gasteiger partial charge in [0.15, 0.2) is 0 Å². The van der Waals surface area contributed by atoms with Crippen molar-refractivity contribution in [3.8, 4) is 0 Å². The summed E-state index contributed by atoms with van der Waals surface area (Å²) in [6.07, 6.45) is 3.01. The molecule has 1 N–H and O–H groups in total. The molecule has 0 saturated carbocycles. The quantitative estimate of drug-likeness (QED) is 0.747. The Balaban J connectivity index is 2.47. The lowest BCUT2D eigenvalue weighted by atomic mass is 10.0. The first-order valence-electron chi connectivity index (χ1n) is 4.92. The van der Waals surface area contributed by atoms with Crippen molar-refractivity contribution >= 4 is 10.9 Å². The van der Waals surface area contributed by atoms with Gasteiger partial charge in [0.2, 0.25) is 0 Å². The topological polar surface area (TPSA) is 15.8 Å². The number of benzene rings is 1. The maximum atomic E-state index is 12.9. The third kappa shape index (κ3) is 1.65. The van der Waals surface area contributed by atoms with Crippen molar-refractivity contribution in [3.05, 3.63) is 35.8 Å². The highest BCUT2D eigenvalue weighted by Gasteiger charge is 2.05. The van der Waals surface area contributed by atoms with Gasteiger partial charge < -0.3 is 4.98 Å². The summed E-state index contributed by atoms with van der Waals surface area (Å²) in [5.74, 6) is 0.439. The first-order valence-corrected chi connectivity index (χ1v) is 4.92. The van der Waals surface area contributed by atoms with Crippen molar-refractivity contribution in [2.75, 3.05) is 0 Å². The van der Waals surface area contributed by atoms with Gasteiger partial charge in [-0.3, -0.25) is 0 Å². The Hall–Kier alpha value is -1.31. The average Bonchev–Trinajstić information content (AvgIpc) is 2.47. The Kier molecular flexibility index (Phi) is 2.28. The Labute approximate surface area is 82.9 Å². The van der Waals surface area contributed by atoms with Crippen molar-refractivity contribution < 1.29 is 4.39 Å². The van der Waals surface area contributed by atoms with E-state index in [1.807, 2.05) is 12.3 Å². The van der Waals surface area contributed by atoms with Crippen LogP contribution in [0.15, 0.2) is 24.4 Å². The molecule has 2 aromatic rings. The van der Waals surface area contributed by atoms with E-state index in [2.05, 4.69) is 18.8 Å². The SMILES string of the molecule is CC(C)Cc1c[nH]c2cc(F)ccc12. The summed E-state index contributed by atoms with van der Waals surface area (Å²) in [5.41, 5.74) is 2.16. The maximum absolute atomic E-state index is 12.9. The molecular weight excluding hydrogens is 177 g/mol. The summed E-state index contributed by atoms with van der Waals surface area (Å²) >= 11 is 0. The lowest BCUT2D eigenvalue weighted by Gasteiger charge is -2.02. The summed E-state index contributed by atoms with van der Waals surface area (Å²) in [7, 11) is 0. The van der Waals surface area contributed by atoms with Crippen LogP contribution in [0.2, 0.25) is 0 Å². The Morgan fingerprint density at radius 2 is 2.14 bits per heavy atom. The molecular formula is C12H14FN. The van der Waals surface area contributed by atoms with Crippen molar-refractivity contribution in [3.63, 3.8) is 0 Å². The molecule has 14 heavy (non-hydrogen) atoms. The number of fused-ring (bicyclic) bond motifs is 1. The number of aromatic amines is 1. The van der Waals surface area contributed by atoms with Crippen molar-refractivity contribution in [2.24, 2.45) is 5.92 Å². The molecule has 0 atom stereocenters. The van der Waals surface area contributed by atoms with Crippen LogP contribution in [0.25, 0.3) is 10.9 Å². The van der Waals surface area contributed by atoms with Gasteiger partial charge in [-0.25, -0.2) is 4.39 Å². The highest BCUT2D eigenvalue weighted by molar-refractivity contribution is 5.83. The number of nitrogens with one attached hydrogen (secondary N) is 1. The molecule has 0 aliphatic heterocycles. The van der Waals surface area contributed by atoms with Gasteiger partial charge in [0, 0.05) is 17.1 Å². The predicted molar refractivity (Wildman–Crippen MR) is 56.8 cm³/mol. The minimum Gasteiger partial charge on any atom is -0.361 e. The number of rotatable bonds is 2. The molecule has 0 bridgehead atoms. The molecule has 0 radical (unpaired) electrons. The first kappa shape index (κ1) is 9.25. The number of hydrogen-bond donors (Lipinski definition) is 1. The largest absolute Gasteiger partial charge is 0.361 e. The molecule has 0 spiro atoms. The van der Waals surface area contributed by atoms with E-state index in [9.17, 15) is 4.39 Å². The predicted octanol–water partition coefficient (Wildman–Crippen LogP) is 3.51. The molecule has 1 aromatic heterocycles. The number of halogens is 1. The zero-order chi connectivity index (χ0) is 10.1. The van der Waals surface area contributed by atoms with E-state index >= 15 is 0 Å². The maximum Gasteiger partial charge on any atom is 0.125 e. The second-order valence-electron chi connectivity index (χ2n) is 4.10. The fraction of sp³-hybridized carbons (Fsp3) is 0.333. The summed E-state index contributed by atoms with van der Waals surface area (Å²) in [6.45, 7) is 4.37. The highest BCUT2D eigenvalue weighted by atomic mass is 19.1. The lowest BCUT2D eigenvalue weighted by molar-refractivity contribution is 0.629. The molecule has 1 heterocycles. The lowest BCUT2D eigenvalue weighted by Crippen LogP contribution is -1.92. The van der Waals surface area contributed by atoms with Crippen LogP contribution in [0.1, 0.15) is 19.4 Å². The van der Waals surface area contributed by atoms with Gasteiger partial charge in [-0.05, 0) is 36.1 Å². The first-order chi connectivity index (χ1) is 6.66. The molecule has 2 rings (SSSR count). The Morgan fingerprint density at radius 3 is 2.86 bits per heavy atom. The molecule has 0 aliphatic rings. The molecule has 74 valence electrons. The number of aromatic nitrogens is 1. The summed E-state index contributed by atoms with van der Waals surface area (Å²) in [4.78, 5) is 3.09. The Morgan fingerprint density at radius 1 is 1.36 bits per heavy atom. The summed E-state index contributed by atoms with van der Waals surface area (Å²) in [6, 6.07) is 4.90. The normalized spacial score (nSPS) is 11.4. The van der Waals surface area contributed by atoms with Gasteiger partial charge in [-0.15, -0.1) is 0 Å². The van der Waals surface area contributed by atoms with Crippen LogP contribution in [-0.4, -0.2) is 4.98 Å². The van der Waals surface area contributed by atoms with E-state index in [4.69, 9.17) is 0 Å². The fourth-order valence-electron chi connectivity index (χ4n) is 1.77. The third-order valence-electron chi connectivity index (χ3n) is 2.36. The second kappa shape index (κ2) is 3.45. The van der Waals surface area contributed by atoms with Crippen LogP contribution in [0, 0.1) is 11.7 Å². The summed E-state index contributed by atoms with van der Waals surface area (Å²) < 4.78 is 12.9. The Bertz CT molecular complexity index is 443. The van der Waals surface area contributed by atoms with Crippen LogP contribution in [0.5, 0.6) is 0 Å². The van der Waals surface area contributed by atoms with E-state index in [1.54, 1.807) is 6.07 Å². The molecule has 1 nitrogen and oxygen atoms in total. The van der Waals surface area contributed by atoms with Gasteiger partial charge in [0.1, 0.15) is 5.82 Å². The zero-order valence-electron chi connectivity index (χ0n) is 8.47. The average molecular weight is 191 g/mol. The van der Waals surface area contributed by atoms with Gasteiger partial charge in [0.25, 0.3) is 0 Å². The van der Waals surface area contributed by atoms with E-state index in [-0.39, 0.29) is 5.82 Å². The highest BCUT2D eigenvalue weighted by Crippen LogP contribution is 2.21. The second-order valence-corrected chi connectivity index (χ2v) is 4.10. The molecule has 0 unspecified atom stereocenters. The van der Waals surface area contributed by atoms with E-state index < -0.39 is 0 Å². The smallest absolute Gasteiger partial charge is 0.125 e. The van der Waals surface area contributed by atoms with Crippen LogP contribution < -0.4 is 0 Å². The van der Waals surface area contributed by atoms with Crippen LogP contribution in [0.3, 0.4) is 0 Å². The van der Waals surface area contributed by atoms with Gasteiger partial charge in [0.05, 0.1) is 0 Å². The van der Waals surface area contributed by atoms with E-state index in [1.165, 1.54) is 11.6 Å². The monoisotopic (exact) mass is 191 g/mol. The number of H-pyrrole nitrogens is 1. The van der Waals surface area contributed by atoms with Gasteiger partial charge in [-0.1, -0.05) is 13.8 Å². The minimum absolute atomic E-state index is 0.185. The molecule has 0 amide bonds. The molecule has 2 heteroatoms. The van der Waals surface area contributed by atoms with E-state index in [0.29, 0.717) is 5.92 Å². The van der Waals surface area contributed by atoms with E-state index in [0.717, 1.165) is 17.3 Å². The van der Waals surface area contributed by atoms with Crippen molar-refractivity contribution in [1.29, 1.82) is 0 Å². The molecule has 1 aromatic carbocycles. The number of hydrogen-bond acceptors (Lipinski definition) is 0. The van der Waals surface area contributed by atoms with Crippen molar-refractivity contribution in [2.45, 2.75) is 20.3 Å². The zero-order valence-corrected chi connectivity index (χ0v) is 8.47. The van der Waals surface area contributed by atoms with Crippen LogP contribution in [0.4, 0.5) is 4.39 Å². The van der Waals surface area contributed by atoms with Crippen LogP contribution >= 0.6 is 0 Å². The van der Waals surface area contributed by atoms with Crippen molar-refractivity contribution in [1.82, 2.24) is 4.98 Å². The summed E-state index contributed by atoms with van der Waals surface area (Å²) in [5, 5.41) is 1.14. The molecule has 0 saturated heterocycles. The van der Waals surface area contributed by atoms with Crippen LogP contribution in [-0.2, 0) is 6.42 Å². The van der Waals surface area contributed by atoms with Gasteiger partial charge in [-0.2, -0.15) is 0 Å². The molecule has 0 aliphatic carbocycles. The van der Waals surface area contributed by atoms with Gasteiger partial charge >= 0.3 is 0 Å². The third-order valence-corrected chi connectivity index (χ3v) is 2.36. The molecule has 0 fully saturated rings. The fourth-order valence-corrected chi connectivity index (χ4v) is 1.77. The minimum atomic E-state index is -0.185. The standard InChI is InChI=1S/C12H14FN/c1-8(2)5-9-7-14-12-6-10(13)3-4-11(9)12/h3-4,6-8,14H,5H2,1-2H3.